The van der Waals surface area contributed by atoms with E-state index < -0.39 is 29.4 Å². The van der Waals surface area contributed by atoms with E-state index in [0.717, 1.165) is 4.90 Å². The van der Waals surface area contributed by atoms with Crippen LogP contribution in [0.4, 0.5) is 0 Å². The lowest BCUT2D eigenvalue weighted by Crippen LogP contribution is -2.53. The van der Waals surface area contributed by atoms with E-state index in [1.807, 2.05) is 0 Å². The fourth-order valence-corrected chi connectivity index (χ4v) is 3.46. The Morgan fingerprint density at radius 1 is 1.45 bits per heavy atom. The molecule has 1 N–H and O–H groups in total. The molecular weight excluding hydrogens is 288 g/mol. The van der Waals surface area contributed by atoms with Gasteiger partial charge in [0.25, 0.3) is 0 Å². The number of imide groups is 1. The second-order valence-electron chi connectivity index (χ2n) is 5.80. The van der Waals surface area contributed by atoms with Gasteiger partial charge in [0.2, 0.25) is 11.8 Å². The minimum absolute atomic E-state index is 0.205. The van der Waals surface area contributed by atoms with Crippen molar-refractivity contribution in [3.63, 3.8) is 0 Å². The fraction of sp³-hybridized carbons (Fsp3) is 0.533. The normalized spacial score (nSPS) is 34.1. The van der Waals surface area contributed by atoms with Crippen LogP contribution in [0, 0.1) is 11.8 Å². The van der Waals surface area contributed by atoms with Crippen molar-refractivity contribution in [2.75, 3.05) is 13.7 Å². The number of nitrogens with one attached hydrogen (secondary N) is 1. The molecule has 0 radical (unpaired) electrons. The molecule has 0 aromatic carbocycles. The zero-order valence-corrected chi connectivity index (χ0v) is 12.7. The van der Waals surface area contributed by atoms with E-state index in [1.165, 1.54) is 13.3 Å². The summed E-state index contributed by atoms with van der Waals surface area (Å²) in [5.74, 6) is -2.14. The standard InChI is InChI=1S/C15H18N2O5/c1-4-21-14(20)15(2)10-9(12(18)17(3)13(10)19)11(16-15)8-6-5-7-22-8/h5-7,9-11,16H,4H2,1-3H3/t9-,10+,11-,15+/m0/s1. The van der Waals surface area contributed by atoms with Crippen LogP contribution in [0.2, 0.25) is 0 Å². The van der Waals surface area contributed by atoms with Crippen LogP contribution in [0.5, 0.6) is 0 Å². The topological polar surface area (TPSA) is 88.8 Å². The summed E-state index contributed by atoms with van der Waals surface area (Å²) in [6, 6.07) is 2.90. The van der Waals surface area contributed by atoms with Crippen LogP contribution >= 0.6 is 0 Å². The van der Waals surface area contributed by atoms with E-state index in [-0.39, 0.29) is 18.4 Å². The van der Waals surface area contributed by atoms with Gasteiger partial charge in [-0.05, 0) is 26.0 Å². The van der Waals surface area contributed by atoms with Gasteiger partial charge in [0.05, 0.1) is 30.7 Å². The first-order chi connectivity index (χ1) is 10.4. The SMILES string of the molecule is CCOC(=O)[C@]1(C)N[C@@H](c2ccco2)[C@H]2C(=O)N(C)C(=O)[C@@H]21. The maximum absolute atomic E-state index is 12.5. The van der Waals surface area contributed by atoms with Gasteiger partial charge in [-0.3, -0.25) is 24.6 Å². The molecule has 2 aliphatic rings. The van der Waals surface area contributed by atoms with Gasteiger partial charge in [-0.1, -0.05) is 0 Å². The Balaban J connectivity index is 2.06. The summed E-state index contributed by atoms with van der Waals surface area (Å²) < 4.78 is 10.5. The molecule has 2 amide bonds. The highest BCUT2D eigenvalue weighted by atomic mass is 16.5. The van der Waals surface area contributed by atoms with E-state index in [9.17, 15) is 14.4 Å². The summed E-state index contributed by atoms with van der Waals surface area (Å²) in [6.07, 6.45) is 1.50. The van der Waals surface area contributed by atoms with E-state index in [1.54, 1.807) is 26.0 Å². The van der Waals surface area contributed by atoms with Gasteiger partial charge >= 0.3 is 5.97 Å². The second kappa shape index (κ2) is 4.95. The number of hydrogen-bond acceptors (Lipinski definition) is 6. The molecule has 3 rings (SSSR count). The largest absolute Gasteiger partial charge is 0.468 e. The number of nitrogens with zero attached hydrogens (tertiary/aromatic N) is 1. The molecule has 1 aromatic rings. The molecule has 2 fully saturated rings. The minimum Gasteiger partial charge on any atom is -0.468 e. The molecule has 0 bridgehead atoms. The lowest BCUT2D eigenvalue weighted by molar-refractivity contribution is -0.155. The van der Waals surface area contributed by atoms with Gasteiger partial charge in [-0.25, -0.2) is 0 Å². The van der Waals surface area contributed by atoms with Crippen molar-refractivity contribution in [3.05, 3.63) is 24.2 Å². The van der Waals surface area contributed by atoms with Gasteiger partial charge in [-0.15, -0.1) is 0 Å². The molecule has 0 unspecified atom stereocenters. The van der Waals surface area contributed by atoms with Gasteiger partial charge in [0, 0.05) is 7.05 Å². The lowest BCUT2D eigenvalue weighted by Gasteiger charge is -2.28. The van der Waals surface area contributed by atoms with E-state index in [0.29, 0.717) is 5.76 Å². The number of carbonyl (C=O) groups excluding carboxylic acids is 3. The van der Waals surface area contributed by atoms with Gasteiger partial charge in [-0.2, -0.15) is 0 Å². The predicted octanol–water partition coefficient (Wildman–Crippen LogP) is 0.477. The Hall–Kier alpha value is -2.15. The molecule has 4 atom stereocenters. The van der Waals surface area contributed by atoms with E-state index in [4.69, 9.17) is 9.15 Å². The Kier molecular flexibility index (Phi) is 3.32. The van der Waals surface area contributed by atoms with Crippen LogP contribution in [0.1, 0.15) is 25.6 Å². The zero-order valence-electron chi connectivity index (χ0n) is 12.7. The monoisotopic (exact) mass is 306 g/mol. The summed E-state index contributed by atoms with van der Waals surface area (Å²) in [5, 5.41) is 3.10. The molecule has 2 aliphatic heterocycles. The van der Waals surface area contributed by atoms with Gasteiger partial charge < -0.3 is 9.15 Å². The number of amides is 2. The molecule has 1 aromatic heterocycles. The average Bonchev–Trinajstić information content (AvgIpc) is 3.15. The Morgan fingerprint density at radius 2 is 2.18 bits per heavy atom. The Morgan fingerprint density at radius 3 is 2.77 bits per heavy atom. The molecule has 0 spiro atoms. The van der Waals surface area contributed by atoms with Gasteiger partial charge in [0.1, 0.15) is 11.3 Å². The molecule has 22 heavy (non-hydrogen) atoms. The first-order valence-electron chi connectivity index (χ1n) is 7.21. The Labute approximate surface area is 127 Å². The van der Waals surface area contributed by atoms with Crippen molar-refractivity contribution in [2.24, 2.45) is 11.8 Å². The summed E-state index contributed by atoms with van der Waals surface area (Å²) in [5.41, 5.74) is -1.25. The third kappa shape index (κ3) is 1.81. The average molecular weight is 306 g/mol. The molecule has 2 saturated heterocycles. The number of rotatable bonds is 3. The van der Waals surface area contributed by atoms with Crippen LogP contribution in [-0.4, -0.2) is 41.9 Å². The lowest BCUT2D eigenvalue weighted by atomic mass is 9.81. The third-order valence-electron chi connectivity index (χ3n) is 4.56. The summed E-state index contributed by atoms with van der Waals surface area (Å²) in [4.78, 5) is 38.4. The maximum Gasteiger partial charge on any atom is 0.326 e. The van der Waals surface area contributed by atoms with Gasteiger partial charge in [0.15, 0.2) is 0 Å². The van der Waals surface area contributed by atoms with Crippen molar-refractivity contribution in [1.82, 2.24) is 10.2 Å². The Bertz CT molecular complexity index is 626. The highest BCUT2D eigenvalue weighted by Crippen LogP contribution is 2.48. The predicted molar refractivity (Wildman–Crippen MR) is 74.4 cm³/mol. The molecule has 3 heterocycles. The second-order valence-corrected chi connectivity index (χ2v) is 5.80. The van der Waals surface area contributed by atoms with Crippen LogP contribution in [0.25, 0.3) is 0 Å². The van der Waals surface area contributed by atoms with Crippen LogP contribution in [0.3, 0.4) is 0 Å². The third-order valence-corrected chi connectivity index (χ3v) is 4.56. The van der Waals surface area contributed by atoms with Crippen LogP contribution in [0.15, 0.2) is 22.8 Å². The first kappa shape index (κ1) is 14.8. The highest BCUT2D eigenvalue weighted by Gasteiger charge is 2.66. The van der Waals surface area contributed by atoms with Crippen LogP contribution < -0.4 is 5.32 Å². The highest BCUT2D eigenvalue weighted by molar-refractivity contribution is 6.09. The minimum atomic E-state index is -1.25. The molecular formula is C15H18N2O5. The van der Waals surface area contributed by atoms with Crippen molar-refractivity contribution in [3.8, 4) is 0 Å². The van der Waals surface area contributed by atoms with Crippen molar-refractivity contribution in [2.45, 2.75) is 25.4 Å². The summed E-state index contributed by atoms with van der Waals surface area (Å²) in [7, 11) is 1.44. The fourth-order valence-electron chi connectivity index (χ4n) is 3.46. The number of ether oxygens (including phenoxy) is 1. The molecule has 7 nitrogen and oxygen atoms in total. The number of likely N-dealkylation sites (tertiary alicyclic amines) is 1. The number of fused-ring (bicyclic) bond motifs is 1. The number of esters is 1. The first-order valence-corrected chi connectivity index (χ1v) is 7.21. The molecule has 0 aliphatic carbocycles. The van der Waals surface area contributed by atoms with E-state index in [2.05, 4.69) is 5.32 Å². The smallest absolute Gasteiger partial charge is 0.326 e. The number of carbonyl (C=O) groups is 3. The van der Waals surface area contributed by atoms with E-state index >= 15 is 0 Å². The van der Waals surface area contributed by atoms with Crippen LogP contribution in [-0.2, 0) is 19.1 Å². The summed E-state index contributed by atoms with van der Waals surface area (Å²) >= 11 is 0. The molecule has 0 saturated carbocycles. The molecule has 118 valence electrons. The van der Waals surface area contributed by atoms with Crippen molar-refractivity contribution >= 4 is 17.8 Å². The molecule has 7 heteroatoms. The number of hydrogen-bond donors (Lipinski definition) is 1. The van der Waals surface area contributed by atoms with Crippen molar-refractivity contribution in [1.29, 1.82) is 0 Å². The quantitative estimate of drug-likeness (QED) is 0.645. The number of furan rings is 1. The summed E-state index contributed by atoms with van der Waals surface area (Å²) in [6.45, 7) is 3.51. The van der Waals surface area contributed by atoms with Crippen molar-refractivity contribution < 1.29 is 23.5 Å². The maximum atomic E-state index is 12.5. The zero-order chi connectivity index (χ0) is 16.1.